The molecule has 0 unspecified atom stereocenters. The number of nitrogens with one attached hydrogen (secondary N) is 2. The van der Waals surface area contributed by atoms with Crippen molar-refractivity contribution in [2.45, 2.75) is 21.6 Å². The van der Waals surface area contributed by atoms with Gasteiger partial charge in [0.2, 0.25) is 23.0 Å². The summed E-state index contributed by atoms with van der Waals surface area (Å²) in [7, 11) is -18.7. The molecule has 0 bridgehead atoms. The molecule has 1 aromatic heterocycles. The molecular weight excluding hydrogens is 926 g/mol. The number of aromatic hydroxyl groups is 1. The normalized spacial score (nSPS) is 12.6. The number of hydrogen-bond donors (Lipinski definition) is 7. The van der Waals surface area contributed by atoms with Crippen LogP contribution < -0.4 is 15.6 Å². The van der Waals surface area contributed by atoms with Crippen LogP contribution in [0.3, 0.4) is 0 Å². The average Bonchev–Trinajstić information content (AvgIpc) is 3.18. The summed E-state index contributed by atoms with van der Waals surface area (Å²) in [6, 6.07) is 16.9. The van der Waals surface area contributed by atoms with Gasteiger partial charge in [-0.05, 0) is 73.1 Å². The Hall–Kier alpha value is -6.24. The average molecular weight is 956 g/mol. The predicted molar refractivity (Wildman–Crippen MR) is 219 cm³/mol. The fraction of sp³-hybridized carbons (Fsp3) is 0.121. The van der Waals surface area contributed by atoms with Crippen molar-refractivity contribution in [3.8, 4) is 5.75 Å². The topological polar surface area (TPSA) is 367 Å². The zero-order valence-corrected chi connectivity index (χ0v) is 35.2. The number of hydrogen-bond acceptors (Lipinski definition) is 19. The van der Waals surface area contributed by atoms with Crippen LogP contribution in [0.4, 0.5) is 34.6 Å². The van der Waals surface area contributed by atoms with Crippen molar-refractivity contribution in [3.05, 3.63) is 101 Å². The molecule has 0 saturated heterocycles. The van der Waals surface area contributed by atoms with Gasteiger partial charge in [-0.1, -0.05) is 30.3 Å². The van der Waals surface area contributed by atoms with Gasteiger partial charge in [-0.25, -0.2) is 17.4 Å². The molecule has 5 aromatic rings. The summed E-state index contributed by atoms with van der Waals surface area (Å²) in [5, 5.41) is 35.0. The van der Waals surface area contributed by atoms with Crippen molar-refractivity contribution in [1.29, 1.82) is 0 Å². The maximum atomic E-state index is 12.7. The molecule has 0 saturated carbocycles. The van der Waals surface area contributed by atoms with Gasteiger partial charge in [0.05, 0.1) is 38.3 Å². The number of carboxylic acid groups (broad SMARTS) is 1. The van der Waals surface area contributed by atoms with Gasteiger partial charge in [0, 0.05) is 17.8 Å². The van der Waals surface area contributed by atoms with Crippen LogP contribution in [-0.4, -0.2) is 103 Å². The molecule has 4 aromatic carbocycles. The predicted octanol–water partition coefficient (Wildman–Crippen LogP) is 4.47. The number of halogens is 1. The Balaban J connectivity index is 1.49. The highest BCUT2D eigenvalue weighted by Crippen LogP contribution is 2.37. The number of aromatic carboxylic acids is 1. The van der Waals surface area contributed by atoms with Crippen molar-refractivity contribution in [3.63, 3.8) is 0 Å². The van der Waals surface area contributed by atoms with Crippen LogP contribution in [0.1, 0.15) is 22.8 Å². The minimum atomic E-state index is -5.00. The third-order valence-electron chi connectivity index (χ3n) is 7.94. The number of amidine groups is 1. The number of aromatic nitrogens is 3. The van der Waals surface area contributed by atoms with Crippen LogP contribution in [0.15, 0.2) is 115 Å². The second kappa shape index (κ2) is 18.8. The van der Waals surface area contributed by atoms with Gasteiger partial charge in [0.25, 0.3) is 20.2 Å². The van der Waals surface area contributed by atoms with E-state index in [0.29, 0.717) is 5.69 Å². The van der Waals surface area contributed by atoms with Gasteiger partial charge in [0.1, 0.15) is 11.4 Å². The number of anilines is 5. The molecule has 0 fully saturated rings. The van der Waals surface area contributed by atoms with E-state index in [0.717, 1.165) is 30.3 Å². The van der Waals surface area contributed by atoms with Crippen molar-refractivity contribution in [2.24, 2.45) is 15.3 Å². The largest absolute Gasteiger partial charge is 0.504 e. The van der Waals surface area contributed by atoms with E-state index < -0.39 is 102 Å². The Morgan fingerprint density at radius 3 is 2.03 bits per heavy atom. The highest BCUT2D eigenvalue weighted by Gasteiger charge is 2.22. The minimum Gasteiger partial charge on any atom is -0.504 e. The summed E-state index contributed by atoms with van der Waals surface area (Å²) in [4.78, 5) is 23.9. The Morgan fingerprint density at radius 1 is 0.806 bits per heavy atom. The summed E-state index contributed by atoms with van der Waals surface area (Å²) in [5.74, 6) is -3.89. The van der Waals surface area contributed by atoms with Crippen molar-refractivity contribution < 1.29 is 66.5 Å². The molecule has 328 valence electrons. The first kappa shape index (κ1) is 46.8. The van der Waals surface area contributed by atoms with Crippen molar-refractivity contribution in [2.75, 3.05) is 34.5 Å². The number of rotatable bonds is 17. The SMILES string of the molecule is CCN(c1ccc(S(=O)(=O)CCOS(=O)(=O)O)cc1)c1nc(Cl)nc(Nc2cc(S(=O)(=O)O)cc(N/N=C(/N=Nc3cc(S(=O)(=O)O)ccc3C(=O)O)c3ccccc3)c2O)n1. The van der Waals surface area contributed by atoms with Crippen LogP contribution in [-0.2, 0) is 44.7 Å². The van der Waals surface area contributed by atoms with E-state index >= 15 is 0 Å². The number of hydrazone groups is 1. The van der Waals surface area contributed by atoms with E-state index in [-0.39, 0.29) is 34.7 Å². The molecule has 0 aliphatic heterocycles. The first-order chi connectivity index (χ1) is 28.9. The van der Waals surface area contributed by atoms with E-state index in [1.54, 1.807) is 25.1 Å². The molecule has 0 aliphatic carbocycles. The molecule has 1 heterocycles. The first-order valence-corrected chi connectivity index (χ1v) is 23.1. The first-order valence-electron chi connectivity index (χ1n) is 16.9. The van der Waals surface area contributed by atoms with Crippen LogP contribution >= 0.6 is 11.6 Å². The Bertz CT molecular complexity index is 3030. The minimum absolute atomic E-state index is 0.133. The standard InChI is InChI=1S/C33H30ClN9O15S4/c1-2-43(20-8-10-21(11-9-20)59(47,48)15-14-58-62(55,56)57)33-37-31(34)36-32(38-33)35-26-17-23(61(52,53)54)18-27(28(26)44)40-42-29(19-6-4-3-5-7-19)41-39-25-16-22(60(49,50)51)12-13-24(25)30(45)46/h3-13,16-18,40,44H,2,14-15H2,1H3,(H,45,46)(H,49,50,51)(H,52,53,54)(H,55,56,57)(H,35,36,37,38)/b41-39?,42-29+. The maximum Gasteiger partial charge on any atom is 0.397 e. The van der Waals surface area contributed by atoms with Crippen LogP contribution in [0.25, 0.3) is 0 Å². The van der Waals surface area contributed by atoms with E-state index in [4.69, 9.17) is 16.2 Å². The Kier molecular flexibility index (Phi) is 14.2. The molecule has 62 heavy (non-hydrogen) atoms. The van der Waals surface area contributed by atoms with E-state index in [9.17, 15) is 57.8 Å². The van der Waals surface area contributed by atoms with Gasteiger partial charge >= 0.3 is 16.4 Å². The summed E-state index contributed by atoms with van der Waals surface area (Å²) >= 11 is 6.22. The lowest BCUT2D eigenvalue weighted by Gasteiger charge is -2.22. The third-order valence-corrected chi connectivity index (χ3v) is 11.9. The zero-order chi connectivity index (χ0) is 45.6. The highest BCUT2D eigenvalue weighted by molar-refractivity contribution is 7.91. The van der Waals surface area contributed by atoms with E-state index in [1.807, 2.05) is 0 Å². The lowest BCUT2D eigenvalue weighted by atomic mass is 10.2. The maximum absolute atomic E-state index is 12.7. The van der Waals surface area contributed by atoms with Crippen molar-refractivity contribution >= 4 is 98.5 Å². The summed E-state index contributed by atoms with van der Waals surface area (Å²) < 4.78 is 127. The number of phenolic OH excluding ortho intramolecular Hbond substituents is 1. The number of nitrogens with zero attached hydrogens (tertiary/aromatic N) is 7. The van der Waals surface area contributed by atoms with Gasteiger partial charge in [0.15, 0.2) is 15.6 Å². The second-order valence-electron chi connectivity index (χ2n) is 12.1. The number of azo groups is 1. The highest BCUT2D eigenvalue weighted by atomic mass is 35.5. The summed E-state index contributed by atoms with van der Waals surface area (Å²) in [6.45, 7) is 0.981. The van der Waals surface area contributed by atoms with E-state index in [1.165, 1.54) is 41.3 Å². The summed E-state index contributed by atoms with van der Waals surface area (Å²) in [5.41, 5.74) is 0.993. The van der Waals surface area contributed by atoms with Gasteiger partial charge < -0.3 is 20.4 Å². The number of sulfone groups is 1. The number of phenols is 1. The lowest BCUT2D eigenvalue weighted by molar-refractivity contribution is 0.0697. The van der Waals surface area contributed by atoms with Gasteiger partial charge in [-0.15, -0.1) is 10.2 Å². The third kappa shape index (κ3) is 12.2. The Morgan fingerprint density at radius 2 is 1.44 bits per heavy atom. The smallest absolute Gasteiger partial charge is 0.397 e. The number of carbonyl (C=O) groups is 1. The molecule has 0 aliphatic rings. The van der Waals surface area contributed by atoms with Crippen LogP contribution in [0, 0.1) is 0 Å². The molecule has 0 atom stereocenters. The molecule has 0 spiro atoms. The second-order valence-corrected chi connectivity index (χ2v) is 18.5. The molecule has 5 rings (SSSR count). The monoisotopic (exact) mass is 955 g/mol. The van der Waals surface area contributed by atoms with Crippen molar-refractivity contribution in [1.82, 2.24) is 15.0 Å². The van der Waals surface area contributed by atoms with Crippen LogP contribution in [0.5, 0.6) is 5.75 Å². The zero-order valence-electron chi connectivity index (χ0n) is 31.2. The van der Waals surface area contributed by atoms with Gasteiger partial charge in [-0.2, -0.15) is 45.3 Å². The molecule has 0 radical (unpaired) electrons. The molecule has 0 amide bonds. The quantitative estimate of drug-likeness (QED) is 0.0169. The summed E-state index contributed by atoms with van der Waals surface area (Å²) in [6.07, 6.45) is 0. The number of benzene rings is 4. The Labute approximate surface area is 357 Å². The van der Waals surface area contributed by atoms with E-state index in [2.05, 4.69) is 45.2 Å². The lowest BCUT2D eigenvalue weighted by Crippen LogP contribution is -2.20. The fourth-order valence-electron chi connectivity index (χ4n) is 5.10. The van der Waals surface area contributed by atoms with Gasteiger partial charge in [-0.3, -0.25) is 19.1 Å². The fourth-order valence-corrected chi connectivity index (χ4v) is 7.77. The van der Waals surface area contributed by atoms with Crippen LogP contribution in [0.2, 0.25) is 5.28 Å². The molecule has 29 heteroatoms. The molecule has 7 N–H and O–H groups in total. The molecular formula is C33H30ClN9O15S4. The number of carboxylic acids is 1. The molecule has 24 nitrogen and oxygen atoms in total.